The van der Waals surface area contributed by atoms with Crippen LogP contribution in [0.15, 0.2) is 91.0 Å². The van der Waals surface area contributed by atoms with Gasteiger partial charge >= 0.3 is 6.18 Å². The Morgan fingerprint density at radius 3 is 1.86 bits per heavy atom. The van der Waals surface area contributed by atoms with Crippen LogP contribution in [0.2, 0.25) is 0 Å². The topological polar surface area (TPSA) is 47.9 Å². The van der Waals surface area contributed by atoms with Crippen LogP contribution in [0.1, 0.15) is 38.9 Å². The lowest BCUT2D eigenvalue weighted by atomic mass is 9.79. The van der Waals surface area contributed by atoms with Gasteiger partial charge in [-0.15, -0.1) is 0 Å². The second-order valence-corrected chi connectivity index (χ2v) is 11.4. The van der Waals surface area contributed by atoms with Gasteiger partial charge in [0, 0.05) is 33.2 Å². The number of fused-ring (bicyclic) bond motifs is 8. The molecule has 0 saturated heterocycles. The SMILES string of the molecule is COc1ccc(C2(c3ccc(OC)cc3)C=Cc3c4c(c5ccc(C)cc5c3O2)-c2ccc(C)cc2C4(O)C(F)(F)F)cc1. The lowest BCUT2D eigenvalue weighted by molar-refractivity contribution is -0.246. The Labute approximate surface area is 252 Å². The van der Waals surface area contributed by atoms with E-state index in [1.807, 2.05) is 73.7 Å². The van der Waals surface area contributed by atoms with Crippen molar-refractivity contribution >= 4 is 16.8 Å². The second-order valence-electron chi connectivity index (χ2n) is 11.4. The molecule has 0 fully saturated rings. The average molecular weight is 595 g/mol. The van der Waals surface area contributed by atoms with Crippen molar-refractivity contribution in [3.63, 3.8) is 0 Å². The smallest absolute Gasteiger partial charge is 0.425 e. The maximum atomic E-state index is 15.2. The normalized spacial score (nSPS) is 17.9. The molecule has 222 valence electrons. The van der Waals surface area contributed by atoms with Crippen LogP contribution in [0.3, 0.4) is 0 Å². The zero-order valence-electron chi connectivity index (χ0n) is 24.5. The van der Waals surface area contributed by atoms with Crippen LogP contribution in [0.5, 0.6) is 17.2 Å². The van der Waals surface area contributed by atoms with Crippen LogP contribution in [0, 0.1) is 13.8 Å². The van der Waals surface area contributed by atoms with Crippen LogP contribution in [0.25, 0.3) is 28.0 Å². The molecule has 1 heterocycles. The Kier molecular flexibility index (Phi) is 6.14. The molecule has 7 rings (SSSR count). The fourth-order valence-corrected chi connectivity index (χ4v) is 6.67. The van der Waals surface area contributed by atoms with Gasteiger partial charge in [-0.2, -0.15) is 13.2 Å². The van der Waals surface area contributed by atoms with E-state index < -0.39 is 17.4 Å². The van der Waals surface area contributed by atoms with E-state index in [0.29, 0.717) is 39.0 Å². The molecular formula is C37H29F3O4. The highest BCUT2D eigenvalue weighted by molar-refractivity contribution is 6.08. The van der Waals surface area contributed by atoms with E-state index in [4.69, 9.17) is 14.2 Å². The van der Waals surface area contributed by atoms with Crippen LogP contribution in [-0.2, 0) is 11.2 Å². The van der Waals surface area contributed by atoms with E-state index >= 15 is 13.2 Å². The Balaban J connectivity index is 1.58. The largest absolute Gasteiger partial charge is 0.497 e. The van der Waals surface area contributed by atoms with Crippen molar-refractivity contribution in [1.82, 2.24) is 0 Å². The van der Waals surface area contributed by atoms with Crippen LogP contribution < -0.4 is 14.2 Å². The number of aliphatic hydroxyl groups is 1. The molecule has 0 radical (unpaired) electrons. The molecule has 1 atom stereocenters. The molecule has 1 aliphatic carbocycles. The molecule has 0 saturated carbocycles. The van der Waals surface area contributed by atoms with Crippen molar-refractivity contribution < 1.29 is 32.5 Å². The summed E-state index contributed by atoms with van der Waals surface area (Å²) in [6, 6.07) is 25.3. The van der Waals surface area contributed by atoms with E-state index in [1.54, 1.807) is 45.4 Å². The number of hydrogen-bond acceptors (Lipinski definition) is 4. The summed E-state index contributed by atoms with van der Waals surface area (Å²) in [6.07, 6.45) is -1.56. The maximum Gasteiger partial charge on any atom is 0.425 e. The molecule has 1 unspecified atom stereocenters. The van der Waals surface area contributed by atoms with Gasteiger partial charge in [0.2, 0.25) is 5.60 Å². The monoisotopic (exact) mass is 594 g/mol. The number of alkyl halides is 3. The van der Waals surface area contributed by atoms with E-state index in [2.05, 4.69) is 0 Å². The minimum atomic E-state index is -5.00. The molecule has 4 nitrogen and oxygen atoms in total. The predicted molar refractivity (Wildman–Crippen MR) is 164 cm³/mol. The molecule has 0 amide bonds. The van der Waals surface area contributed by atoms with Crippen molar-refractivity contribution in [2.75, 3.05) is 14.2 Å². The van der Waals surface area contributed by atoms with Gasteiger partial charge in [-0.05, 0) is 66.8 Å². The molecule has 0 bridgehead atoms. The predicted octanol–water partition coefficient (Wildman–Crippen LogP) is 8.60. The molecule has 1 aliphatic heterocycles. The number of aryl methyl sites for hydroxylation is 2. The first-order valence-electron chi connectivity index (χ1n) is 14.2. The van der Waals surface area contributed by atoms with Gasteiger partial charge in [-0.3, -0.25) is 0 Å². The fourth-order valence-electron chi connectivity index (χ4n) is 6.67. The summed E-state index contributed by atoms with van der Waals surface area (Å²) in [6.45, 7) is 3.65. The van der Waals surface area contributed by atoms with Crippen molar-refractivity contribution in [2.24, 2.45) is 0 Å². The van der Waals surface area contributed by atoms with E-state index in [9.17, 15) is 5.11 Å². The number of ether oxygens (including phenoxy) is 3. The van der Waals surface area contributed by atoms with Gasteiger partial charge in [0.25, 0.3) is 0 Å². The summed E-state index contributed by atoms with van der Waals surface area (Å²) in [7, 11) is 3.16. The summed E-state index contributed by atoms with van der Waals surface area (Å²) in [4.78, 5) is 0. The summed E-state index contributed by atoms with van der Waals surface area (Å²) in [5.74, 6) is 1.57. The third-order valence-corrected chi connectivity index (χ3v) is 8.84. The zero-order chi connectivity index (χ0) is 31.0. The lowest BCUT2D eigenvalue weighted by Crippen LogP contribution is -2.43. The first kappa shape index (κ1) is 28.0. The van der Waals surface area contributed by atoms with Crippen LogP contribution in [0.4, 0.5) is 13.2 Å². The van der Waals surface area contributed by atoms with Crippen molar-refractivity contribution in [2.45, 2.75) is 31.2 Å². The van der Waals surface area contributed by atoms with E-state index in [0.717, 1.165) is 16.7 Å². The Morgan fingerprint density at radius 2 is 1.30 bits per heavy atom. The summed E-state index contributed by atoms with van der Waals surface area (Å²) >= 11 is 0. The van der Waals surface area contributed by atoms with E-state index in [1.165, 1.54) is 6.07 Å². The third-order valence-electron chi connectivity index (χ3n) is 8.84. The van der Waals surface area contributed by atoms with Gasteiger partial charge in [0.1, 0.15) is 17.2 Å². The highest BCUT2D eigenvalue weighted by Crippen LogP contribution is 2.61. The molecule has 0 spiro atoms. The van der Waals surface area contributed by atoms with Gasteiger partial charge < -0.3 is 19.3 Å². The number of rotatable bonds is 4. The number of benzene rings is 5. The van der Waals surface area contributed by atoms with Gasteiger partial charge in [-0.25, -0.2) is 0 Å². The van der Waals surface area contributed by atoms with Crippen molar-refractivity contribution in [3.8, 4) is 28.4 Å². The maximum absolute atomic E-state index is 15.2. The lowest BCUT2D eigenvalue weighted by Gasteiger charge is -2.39. The molecule has 0 aromatic heterocycles. The third kappa shape index (κ3) is 3.82. The molecule has 5 aromatic carbocycles. The molecule has 2 aliphatic rings. The summed E-state index contributed by atoms with van der Waals surface area (Å²) in [5, 5.41) is 13.1. The van der Waals surface area contributed by atoms with Crippen LogP contribution in [-0.4, -0.2) is 25.5 Å². The first-order valence-corrected chi connectivity index (χ1v) is 14.2. The molecule has 7 heteroatoms. The molecule has 1 N–H and O–H groups in total. The molecular weight excluding hydrogens is 565 g/mol. The summed E-state index contributed by atoms with van der Waals surface area (Å²) < 4.78 is 63.3. The molecule has 44 heavy (non-hydrogen) atoms. The Bertz CT molecular complexity index is 1930. The standard InChI is InChI=1S/C37H29F3O4/c1-21-5-15-27-30(19-21)34-29(33-32(27)28-16-6-22(2)20-31(28)36(33,41)37(38,39)40)17-18-35(44-34,23-7-11-25(42-3)12-8-23)24-9-13-26(43-4)14-10-24/h5-20,41H,1-4H3. The highest BCUT2D eigenvalue weighted by atomic mass is 19.4. The number of methoxy groups -OCH3 is 2. The Morgan fingerprint density at radius 1 is 0.727 bits per heavy atom. The number of halogens is 3. The fraction of sp³-hybridized carbons (Fsp3) is 0.189. The minimum absolute atomic E-state index is 0.175. The van der Waals surface area contributed by atoms with Gasteiger partial charge in [0.05, 0.1) is 14.2 Å². The second kappa shape index (κ2) is 9.63. The summed E-state index contributed by atoms with van der Waals surface area (Å²) in [5.41, 5.74) is -0.880. The Hall–Kier alpha value is -4.75. The highest BCUT2D eigenvalue weighted by Gasteiger charge is 2.62. The van der Waals surface area contributed by atoms with Gasteiger partial charge in [0.15, 0.2) is 5.60 Å². The van der Waals surface area contributed by atoms with E-state index in [-0.39, 0.29) is 22.4 Å². The van der Waals surface area contributed by atoms with Crippen molar-refractivity contribution in [1.29, 1.82) is 0 Å². The first-order chi connectivity index (χ1) is 21.0. The number of hydrogen-bond donors (Lipinski definition) is 1. The zero-order valence-corrected chi connectivity index (χ0v) is 24.5. The van der Waals surface area contributed by atoms with Gasteiger partial charge in [-0.1, -0.05) is 71.8 Å². The minimum Gasteiger partial charge on any atom is -0.497 e. The van der Waals surface area contributed by atoms with Crippen molar-refractivity contribution in [3.05, 3.63) is 130 Å². The quantitative estimate of drug-likeness (QED) is 0.226. The molecule has 5 aromatic rings. The average Bonchev–Trinajstić information content (AvgIpc) is 3.30. The van der Waals surface area contributed by atoms with Crippen LogP contribution >= 0.6 is 0 Å².